The van der Waals surface area contributed by atoms with Crippen LogP contribution in [-0.2, 0) is 10.0 Å². The average Bonchev–Trinajstić information content (AvgIpc) is 2.28. The summed E-state index contributed by atoms with van der Waals surface area (Å²) in [6.45, 7) is 7.44. The monoisotopic (exact) mass is 266 g/mol. The molecule has 0 aliphatic heterocycles. The van der Waals surface area contributed by atoms with E-state index in [2.05, 4.69) is 4.72 Å². The van der Waals surface area contributed by atoms with Crippen LogP contribution < -0.4 is 4.72 Å². The van der Waals surface area contributed by atoms with Gasteiger partial charge in [-0.2, -0.15) is 5.26 Å². The van der Waals surface area contributed by atoms with Crippen molar-refractivity contribution in [2.45, 2.75) is 38.6 Å². The van der Waals surface area contributed by atoms with E-state index in [0.717, 1.165) is 0 Å². The number of aryl methyl sites for hydroxylation is 1. The summed E-state index contributed by atoms with van der Waals surface area (Å²) in [5.41, 5.74) is 0.982. The molecular weight excluding hydrogens is 248 g/mol. The van der Waals surface area contributed by atoms with E-state index in [1.54, 1.807) is 19.1 Å². The van der Waals surface area contributed by atoms with Crippen LogP contribution in [0.5, 0.6) is 0 Å². The smallest absolute Gasteiger partial charge is 0.208 e. The molecule has 0 fully saturated rings. The van der Waals surface area contributed by atoms with Crippen molar-refractivity contribution in [3.8, 4) is 6.07 Å². The van der Waals surface area contributed by atoms with Gasteiger partial charge in [-0.3, -0.25) is 0 Å². The SMILES string of the molecule is Cc1ccc(C#N)cc1S(=O)(=O)NC(C)C(C)C. The Morgan fingerprint density at radius 1 is 1.28 bits per heavy atom. The standard InChI is InChI=1S/C13H18N2O2S/c1-9(2)11(4)15-18(16,17)13-7-12(8-14)6-5-10(13)3/h5-7,9,11,15H,1-4H3. The lowest BCUT2D eigenvalue weighted by molar-refractivity contribution is 0.476. The summed E-state index contributed by atoms with van der Waals surface area (Å²) >= 11 is 0. The Balaban J connectivity index is 3.17. The molecule has 1 aromatic carbocycles. The second-order valence-electron chi connectivity index (χ2n) is 4.75. The molecule has 1 atom stereocenters. The van der Waals surface area contributed by atoms with E-state index >= 15 is 0 Å². The summed E-state index contributed by atoms with van der Waals surface area (Å²) in [7, 11) is -3.57. The van der Waals surface area contributed by atoms with Gasteiger partial charge in [-0.1, -0.05) is 19.9 Å². The van der Waals surface area contributed by atoms with Crippen molar-refractivity contribution < 1.29 is 8.42 Å². The van der Waals surface area contributed by atoms with Gasteiger partial charge in [0.1, 0.15) is 0 Å². The molecule has 4 nitrogen and oxygen atoms in total. The van der Waals surface area contributed by atoms with Gasteiger partial charge in [0.25, 0.3) is 0 Å². The maximum Gasteiger partial charge on any atom is 0.241 e. The molecule has 0 heterocycles. The average molecular weight is 266 g/mol. The van der Waals surface area contributed by atoms with Crippen molar-refractivity contribution in [1.82, 2.24) is 4.72 Å². The van der Waals surface area contributed by atoms with Gasteiger partial charge >= 0.3 is 0 Å². The Morgan fingerprint density at radius 2 is 1.89 bits per heavy atom. The number of hydrogen-bond acceptors (Lipinski definition) is 3. The maximum atomic E-state index is 12.2. The Morgan fingerprint density at radius 3 is 2.39 bits per heavy atom. The van der Waals surface area contributed by atoms with Crippen molar-refractivity contribution in [1.29, 1.82) is 5.26 Å². The number of nitrogens with zero attached hydrogens (tertiary/aromatic N) is 1. The fraction of sp³-hybridized carbons (Fsp3) is 0.462. The Kier molecular flexibility index (Phi) is 4.49. The number of sulfonamides is 1. The van der Waals surface area contributed by atoms with Gasteiger partial charge in [0, 0.05) is 6.04 Å². The molecule has 0 amide bonds. The Bertz CT molecular complexity index is 571. The van der Waals surface area contributed by atoms with Crippen molar-refractivity contribution in [2.24, 2.45) is 5.92 Å². The topological polar surface area (TPSA) is 70.0 Å². The normalized spacial score (nSPS) is 13.3. The molecule has 0 bridgehead atoms. The molecule has 1 unspecified atom stereocenters. The van der Waals surface area contributed by atoms with Crippen LogP contribution in [-0.4, -0.2) is 14.5 Å². The van der Waals surface area contributed by atoms with Gasteiger partial charge in [0.05, 0.1) is 16.5 Å². The first kappa shape index (κ1) is 14.7. The predicted molar refractivity (Wildman–Crippen MR) is 70.5 cm³/mol. The third-order valence-corrected chi connectivity index (χ3v) is 4.65. The number of nitriles is 1. The van der Waals surface area contributed by atoms with Crippen molar-refractivity contribution in [3.05, 3.63) is 29.3 Å². The van der Waals surface area contributed by atoms with Gasteiger partial charge in [-0.15, -0.1) is 0 Å². The van der Waals surface area contributed by atoms with Crippen LogP contribution in [0.2, 0.25) is 0 Å². The maximum absolute atomic E-state index is 12.2. The zero-order valence-electron chi connectivity index (χ0n) is 11.1. The molecule has 0 aliphatic rings. The van der Waals surface area contributed by atoms with Gasteiger partial charge < -0.3 is 0 Å². The van der Waals surface area contributed by atoms with Gasteiger partial charge in [0.2, 0.25) is 10.0 Å². The van der Waals surface area contributed by atoms with Crippen LogP contribution in [0.15, 0.2) is 23.1 Å². The molecule has 1 rings (SSSR count). The van der Waals surface area contributed by atoms with Gasteiger partial charge in [-0.05, 0) is 37.5 Å². The molecule has 0 saturated carbocycles. The fourth-order valence-electron chi connectivity index (χ4n) is 1.40. The molecule has 1 N–H and O–H groups in total. The zero-order valence-corrected chi connectivity index (χ0v) is 11.9. The van der Waals surface area contributed by atoms with Crippen LogP contribution in [0.3, 0.4) is 0 Å². The second kappa shape index (κ2) is 5.51. The van der Waals surface area contributed by atoms with Crippen LogP contribution in [0.1, 0.15) is 31.9 Å². The van der Waals surface area contributed by atoms with Crippen molar-refractivity contribution in [3.63, 3.8) is 0 Å². The number of benzene rings is 1. The van der Waals surface area contributed by atoms with E-state index in [4.69, 9.17) is 5.26 Å². The van der Waals surface area contributed by atoms with Crippen LogP contribution in [0.4, 0.5) is 0 Å². The van der Waals surface area contributed by atoms with Crippen molar-refractivity contribution in [2.75, 3.05) is 0 Å². The summed E-state index contributed by atoms with van der Waals surface area (Å²) in [6, 6.07) is 6.46. The molecule has 0 aliphatic carbocycles. The summed E-state index contributed by atoms with van der Waals surface area (Å²) in [5.74, 6) is 0.208. The zero-order chi connectivity index (χ0) is 13.9. The molecule has 5 heteroatoms. The number of rotatable bonds is 4. The van der Waals surface area contributed by atoms with E-state index in [0.29, 0.717) is 11.1 Å². The highest BCUT2D eigenvalue weighted by atomic mass is 32.2. The molecule has 0 saturated heterocycles. The molecule has 0 spiro atoms. The third-order valence-electron chi connectivity index (χ3n) is 2.95. The summed E-state index contributed by atoms with van der Waals surface area (Å²) < 4.78 is 27.1. The lowest BCUT2D eigenvalue weighted by atomic mass is 10.1. The first-order chi connectivity index (χ1) is 8.27. The predicted octanol–water partition coefficient (Wildman–Crippen LogP) is 2.19. The minimum Gasteiger partial charge on any atom is -0.208 e. The van der Waals surface area contributed by atoms with E-state index in [-0.39, 0.29) is 16.9 Å². The highest BCUT2D eigenvalue weighted by Crippen LogP contribution is 2.18. The number of hydrogen-bond donors (Lipinski definition) is 1. The molecule has 0 aromatic heterocycles. The highest BCUT2D eigenvalue weighted by molar-refractivity contribution is 7.89. The fourth-order valence-corrected chi connectivity index (χ4v) is 3.07. The largest absolute Gasteiger partial charge is 0.241 e. The lowest BCUT2D eigenvalue weighted by Crippen LogP contribution is -2.36. The molecule has 98 valence electrons. The van der Waals surface area contributed by atoms with Crippen LogP contribution in [0.25, 0.3) is 0 Å². The summed E-state index contributed by atoms with van der Waals surface area (Å²) in [4.78, 5) is 0.175. The quantitative estimate of drug-likeness (QED) is 0.908. The van der Waals surface area contributed by atoms with Crippen molar-refractivity contribution >= 4 is 10.0 Å². The lowest BCUT2D eigenvalue weighted by Gasteiger charge is -2.18. The van der Waals surface area contributed by atoms with Gasteiger partial charge in [0.15, 0.2) is 0 Å². The first-order valence-corrected chi connectivity index (χ1v) is 7.29. The minimum absolute atomic E-state index is 0.153. The highest BCUT2D eigenvalue weighted by Gasteiger charge is 2.21. The molecule has 18 heavy (non-hydrogen) atoms. The minimum atomic E-state index is -3.57. The van der Waals surface area contributed by atoms with Crippen LogP contribution >= 0.6 is 0 Å². The molecule has 0 radical (unpaired) electrons. The summed E-state index contributed by atoms with van der Waals surface area (Å²) in [5, 5.41) is 8.82. The van der Waals surface area contributed by atoms with E-state index < -0.39 is 10.0 Å². The van der Waals surface area contributed by atoms with Gasteiger partial charge in [-0.25, -0.2) is 13.1 Å². The summed E-state index contributed by atoms with van der Waals surface area (Å²) in [6.07, 6.45) is 0. The molecular formula is C13H18N2O2S. The second-order valence-corrected chi connectivity index (χ2v) is 6.43. The Hall–Kier alpha value is -1.38. The Labute approximate surface area is 109 Å². The third kappa shape index (κ3) is 3.31. The van der Waals surface area contributed by atoms with E-state index in [1.807, 2.05) is 26.8 Å². The van der Waals surface area contributed by atoms with E-state index in [9.17, 15) is 8.42 Å². The number of nitrogens with one attached hydrogen (secondary N) is 1. The van der Waals surface area contributed by atoms with Crippen LogP contribution in [0, 0.1) is 24.2 Å². The molecule has 1 aromatic rings. The van der Waals surface area contributed by atoms with E-state index in [1.165, 1.54) is 6.07 Å². The first-order valence-electron chi connectivity index (χ1n) is 5.81.